The second-order valence-corrected chi connectivity index (χ2v) is 6.95. The number of likely N-dealkylation sites (tertiary alicyclic amines) is 1. The molecule has 1 heterocycles. The Kier molecular flexibility index (Phi) is 6.01. The molecule has 1 aliphatic rings. The molecule has 2 atom stereocenters. The Morgan fingerprint density at radius 3 is 2.19 bits per heavy atom. The van der Waals surface area contributed by atoms with E-state index in [1.165, 1.54) is 0 Å². The maximum Gasteiger partial charge on any atom is 0.410 e. The van der Waals surface area contributed by atoms with Crippen molar-refractivity contribution in [3.05, 3.63) is 0 Å². The van der Waals surface area contributed by atoms with E-state index in [0.717, 1.165) is 0 Å². The van der Waals surface area contributed by atoms with E-state index in [9.17, 15) is 15.0 Å². The molecule has 1 rings (SSSR count). The first-order chi connectivity index (χ1) is 9.61. The fourth-order valence-electron chi connectivity index (χ4n) is 2.79. The van der Waals surface area contributed by atoms with Crippen molar-refractivity contribution in [3.63, 3.8) is 0 Å². The molecule has 6 nitrogen and oxygen atoms in total. The van der Waals surface area contributed by atoms with Gasteiger partial charge in [0, 0.05) is 25.6 Å². The second kappa shape index (κ2) is 6.94. The van der Waals surface area contributed by atoms with E-state index in [2.05, 4.69) is 0 Å². The zero-order valence-corrected chi connectivity index (χ0v) is 13.8. The highest BCUT2D eigenvalue weighted by molar-refractivity contribution is 5.68. The van der Waals surface area contributed by atoms with Crippen molar-refractivity contribution in [2.45, 2.75) is 58.3 Å². The van der Waals surface area contributed by atoms with Crippen molar-refractivity contribution in [2.24, 2.45) is 5.41 Å². The van der Waals surface area contributed by atoms with Crippen molar-refractivity contribution in [3.8, 4) is 0 Å². The molecule has 1 fully saturated rings. The van der Waals surface area contributed by atoms with Gasteiger partial charge in [0.1, 0.15) is 5.60 Å². The number of hydrogen-bond donors (Lipinski definition) is 2. The molecule has 0 bridgehead atoms. The van der Waals surface area contributed by atoms with Gasteiger partial charge in [0.15, 0.2) is 0 Å². The molecule has 0 aromatic carbocycles. The van der Waals surface area contributed by atoms with Crippen LogP contribution in [0.5, 0.6) is 0 Å². The topological polar surface area (TPSA) is 79.2 Å². The minimum atomic E-state index is -0.863. The fraction of sp³-hybridized carbons (Fsp3) is 0.933. The third-order valence-electron chi connectivity index (χ3n) is 3.93. The van der Waals surface area contributed by atoms with E-state index < -0.39 is 23.2 Å². The van der Waals surface area contributed by atoms with Crippen LogP contribution in [0.25, 0.3) is 0 Å². The maximum atomic E-state index is 12.0. The zero-order chi connectivity index (χ0) is 16.3. The number of piperidine rings is 1. The summed E-state index contributed by atoms with van der Waals surface area (Å²) >= 11 is 0. The Hall–Kier alpha value is -0.850. The van der Waals surface area contributed by atoms with Gasteiger partial charge in [-0.05, 0) is 40.5 Å². The molecule has 124 valence electrons. The van der Waals surface area contributed by atoms with Gasteiger partial charge in [-0.25, -0.2) is 4.79 Å². The van der Waals surface area contributed by atoms with Gasteiger partial charge < -0.3 is 24.6 Å². The van der Waals surface area contributed by atoms with Crippen LogP contribution in [0.4, 0.5) is 4.79 Å². The molecular formula is C15H29NO5. The minimum Gasteiger partial charge on any atom is -0.444 e. The lowest BCUT2D eigenvalue weighted by atomic mass is 9.73. The van der Waals surface area contributed by atoms with Gasteiger partial charge in [0.05, 0.1) is 18.8 Å². The molecule has 0 aliphatic carbocycles. The molecule has 6 heteroatoms. The van der Waals surface area contributed by atoms with E-state index in [1.807, 2.05) is 20.8 Å². The quantitative estimate of drug-likeness (QED) is 0.820. The Labute approximate surface area is 127 Å². The van der Waals surface area contributed by atoms with E-state index in [1.54, 1.807) is 18.9 Å². The highest BCUT2D eigenvalue weighted by Gasteiger charge is 2.44. The monoisotopic (exact) mass is 303 g/mol. The van der Waals surface area contributed by atoms with E-state index >= 15 is 0 Å². The van der Waals surface area contributed by atoms with Crippen molar-refractivity contribution in [2.75, 3.05) is 26.8 Å². The van der Waals surface area contributed by atoms with Crippen LogP contribution in [0.3, 0.4) is 0 Å². The SMILES string of the molecule is COCC1(C(O)[C@H](C)O)CCN(C(=O)OC(C)(C)C)CC1. The lowest BCUT2D eigenvalue weighted by Gasteiger charge is -2.45. The molecule has 2 N–H and O–H groups in total. The predicted molar refractivity (Wildman–Crippen MR) is 79.0 cm³/mol. The highest BCUT2D eigenvalue weighted by Crippen LogP contribution is 2.37. The normalized spacial score (nSPS) is 21.8. The maximum absolute atomic E-state index is 12.0. The molecule has 0 saturated carbocycles. The first kappa shape index (κ1) is 18.2. The molecule has 1 unspecified atom stereocenters. The lowest BCUT2D eigenvalue weighted by Crippen LogP contribution is -2.53. The van der Waals surface area contributed by atoms with E-state index in [-0.39, 0.29) is 6.09 Å². The summed E-state index contributed by atoms with van der Waals surface area (Å²) in [6.07, 6.45) is -0.871. The standard InChI is InChI=1S/C15H29NO5/c1-11(17)12(18)15(10-20-5)6-8-16(9-7-15)13(19)21-14(2,3)4/h11-12,17-18H,6-10H2,1-5H3/t11-,12?/m0/s1. The van der Waals surface area contributed by atoms with Crippen LogP contribution < -0.4 is 0 Å². The summed E-state index contributed by atoms with van der Waals surface area (Å²) in [5, 5.41) is 20.0. The molecule has 0 spiro atoms. The smallest absolute Gasteiger partial charge is 0.410 e. The molecule has 0 radical (unpaired) electrons. The van der Waals surface area contributed by atoms with E-state index in [4.69, 9.17) is 9.47 Å². The predicted octanol–water partition coefficient (Wildman–Crippen LogP) is 1.39. The van der Waals surface area contributed by atoms with Crippen molar-refractivity contribution < 1.29 is 24.5 Å². The number of nitrogens with zero attached hydrogens (tertiary/aromatic N) is 1. The van der Waals surface area contributed by atoms with Crippen LogP contribution in [0, 0.1) is 5.41 Å². The summed E-state index contributed by atoms with van der Waals surface area (Å²) in [6, 6.07) is 0. The summed E-state index contributed by atoms with van der Waals surface area (Å²) < 4.78 is 10.6. The number of rotatable bonds is 4. The molecule has 21 heavy (non-hydrogen) atoms. The van der Waals surface area contributed by atoms with Crippen molar-refractivity contribution in [1.29, 1.82) is 0 Å². The minimum absolute atomic E-state index is 0.333. The number of aliphatic hydroxyl groups is 2. The van der Waals surface area contributed by atoms with Gasteiger partial charge in [-0.1, -0.05) is 0 Å². The number of methoxy groups -OCH3 is 1. The number of carbonyl (C=O) groups excluding carboxylic acids is 1. The van der Waals surface area contributed by atoms with Crippen LogP contribution >= 0.6 is 0 Å². The largest absolute Gasteiger partial charge is 0.444 e. The lowest BCUT2D eigenvalue weighted by molar-refractivity contribution is -0.112. The summed E-state index contributed by atoms with van der Waals surface area (Å²) in [6.45, 7) is 8.41. The second-order valence-electron chi connectivity index (χ2n) is 6.95. The average molecular weight is 303 g/mol. The summed E-state index contributed by atoms with van der Waals surface area (Å²) in [5.74, 6) is 0. The number of hydrogen-bond acceptors (Lipinski definition) is 5. The summed E-state index contributed by atoms with van der Waals surface area (Å²) in [4.78, 5) is 13.7. The van der Waals surface area contributed by atoms with E-state index in [0.29, 0.717) is 32.5 Å². The zero-order valence-electron chi connectivity index (χ0n) is 13.8. The molecule has 0 aromatic heterocycles. The average Bonchev–Trinajstić information content (AvgIpc) is 2.36. The first-order valence-electron chi connectivity index (χ1n) is 7.44. The molecular weight excluding hydrogens is 274 g/mol. The third-order valence-corrected chi connectivity index (χ3v) is 3.93. The number of aliphatic hydroxyl groups excluding tert-OH is 2. The first-order valence-corrected chi connectivity index (χ1v) is 7.44. The van der Waals surface area contributed by atoms with Crippen LogP contribution in [0.1, 0.15) is 40.5 Å². The Bertz CT molecular complexity index is 342. The van der Waals surface area contributed by atoms with Gasteiger partial charge in [0.25, 0.3) is 0 Å². The number of ether oxygens (including phenoxy) is 2. The van der Waals surface area contributed by atoms with Gasteiger partial charge in [0.2, 0.25) is 0 Å². The molecule has 1 saturated heterocycles. The van der Waals surface area contributed by atoms with Crippen LogP contribution in [-0.2, 0) is 9.47 Å². The molecule has 1 aliphatic heterocycles. The van der Waals surface area contributed by atoms with Crippen molar-refractivity contribution >= 4 is 6.09 Å². The number of amides is 1. The molecule has 1 amide bonds. The Morgan fingerprint density at radius 2 is 1.81 bits per heavy atom. The Morgan fingerprint density at radius 1 is 1.29 bits per heavy atom. The van der Waals surface area contributed by atoms with Crippen LogP contribution in [0.2, 0.25) is 0 Å². The Balaban J connectivity index is 2.68. The summed E-state index contributed by atoms with van der Waals surface area (Å²) in [7, 11) is 1.58. The third kappa shape index (κ3) is 4.83. The van der Waals surface area contributed by atoms with Crippen molar-refractivity contribution in [1.82, 2.24) is 4.90 Å². The molecule has 0 aromatic rings. The summed E-state index contributed by atoms with van der Waals surface area (Å²) in [5.41, 5.74) is -1.03. The van der Waals surface area contributed by atoms with Crippen LogP contribution in [-0.4, -0.2) is 65.8 Å². The van der Waals surface area contributed by atoms with Gasteiger partial charge >= 0.3 is 6.09 Å². The van der Waals surface area contributed by atoms with Crippen LogP contribution in [0.15, 0.2) is 0 Å². The number of carbonyl (C=O) groups is 1. The van der Waals surface area contributed by atoms with Gasteiger partial charge in [-0.2, -0.15) is 0 Å². The highest BCUT2D eigenvalue weighted by atomic mass is 16.6. The van der Waals surface area contributed by atoms with Gasteiger partial charge in [-0.15, -0.1) is 0 Å². The fourth-order valence-corrected chi connectivity index (χ4v) is 2.79. The van der Waals surface area contributed by atoms with Gasteiger partial charge in [-0.3, -0.25) is 0 Å².